The molecule has 1 fully saturated rings. The van der Waals surface area contributed by atoms with Crippen LogP contribution in [0, 0.1) is 0 Å². The number of fused-ring (bicyclic) bond motifs is 3. The van der Waals surface area contributed by atoms with E-state index < -0.39 is 11.7 Å². The Morgan fingerprint density at radius 2 is 1.75 bits per heavy atom. The Balaban J connectivity index is 1.76. The van der Waals surface area contributed by atoms with Crippen molar-refractivity contribution in [1.82, 2.24) is 14.9 Å². The van der Waals surface area contributed by atoms with Gasteiger partial charge in [-0.25, -0.2) is 9.78 Å². The summed E-state index contributed by atoms with van der Waals surface area (Å²) in [5.74, 6) is 0.580. The van der Waals surface area contributed by atoms with Crippen molar-refractivity contribution < 1.29 is 17.7 Å². The maximum Gasteiger partial charge on any atom is 0.416 e. The van der Waals surface area contributed by atoms with Crippen molar-refractivity contribution in [2.75, 3.05) is 18.0 Å². The summed E-state index contributed by atoms with van der Waals surface area (Å²) in [5.41, 5.74) is 1.01. The van der Waals surface area contributed by atoms with E-state index >= 15 is 0 Å². The van der Waals surface area contributed by atoms with Gasteiger partial charge in [0.2, 0.25) is 0 Å². The zero-order valence-electron chi connectivity index (χ0n) is 14.6. The van der Waals surface area contributed by atoms with Crippen LogP contribution in [0.25, 0.3) is 22.2 Å². The quantitative estimate of drug-likeness (QED) is 0.539. The first-order valence-corrected chi connectivity index (χ1v) is 8.81. The van der Waals surface area contributed by atoms with Gasteiger partial charge >= 0.3 is 11.7 Å². The van der Waals surface area contributed by atoms with Gasteiger partial charge in [-0.3, -0.25) is 0 Å². The number of H-pyrrole nitrogens is 1. The molecule has 1 saturated heterocycles. The molecule has 2 aromatic carbocycles. The molecule has 5 rings (SSSR count). The van der Waals surface area contributed by atoms with Gasteiger partial charge in [-0.15, -0.1) is 4.52 Å². The first-order valence-electron chi connectivity index (χ1n) is 8.81. The average Bonchev–Trinajstić information content (AvgIpc) is 2.98. The number of hydrogen-bond acceptors (Lipinski definition) is 3. The minimum Gasteiger partial charge on any atom is -0.353 e. The molecule has 0 atom stereocenters. The van der Waals surface area contributed by atoms with Crippen molar-refractivity contribution in [3.63, 3.8) is 0 Å². The van der Waals surface area contributed by atoms with Gasteiger partial charge in [0.25, 0.3) is 5.52 Å². The number of alkyl halides is 3. The summed E-state index contributed by atoms with van der Waals surface area (Å²) in [6, 6.07) is 11.9. The van der Waals surface area contributed by atoms with E-state index in [1.807, 2.05) is 29.2 Å². The lowest BCUT2D eigenvalue weighted by Crippen LogP contribution is -2.40. The topological polar surface area (TPSA) is 58.0 Å². The number of anilines is 1. The number of aromatic nitrogens is 4. The molecule has 28 heavy (non-hydrogen) atoms. The number of halogens is 3. The van der Waals surface area contributed by atoms with E-state index in [2.05, 4.69) is 10.2 Å². The molecule has 1 aliphatic heterocycles. The zero-order chi connectivity index (χ0) is 19.5. The Morgan fingerprint density at radius 3 is 2.39 bits per heavy atom. The summed E-state index contributed by atoms with van der Waals surface area (Å²) in [6.45, 7) is 1.62. The predicted octanol–water partition coefficient (Wildman–Crippen LogP) is 2.68. The molecule has 1 N–H and O–H groups in total. The van der Waals surface area contributed by atoms with E-state index in [-0.39, 0.29) is 5.56 Å². The van der Waals surface area contributed by atoms with Crippen LogP contribution in [0.15, 0.2) is 53.3 Å². The second-order valence-corrected chi connectivity index (χ2v) is 6.73. The molecule has 3 heterocycles. The number of hydrogen-bond donors (Lipinski definition) is 1. The largest absolute Gasteiger partial charge is 0.416 e. The van der Waals surface area contributed by atoms with Crippen molar-refractivity contribution in [3.05, 3.63) is 64.4 Å². The molecule has 142 valence electrons. The summed E-state index contributed by atoms with van der Waals surface area (Å²) >= 11 is 0. The normalized spacial score (nSPS) is 14.6. The fourth-order valence-electron chi connectivity index (χ4n) is 3.40. The maximum atomic E-state index is 13.1. The van der Waals surface area contributed by atoms with Crippen molar-refractivity contribution in [3.8, 4) is 5.69 Å². The van der Waals surface area contributed by atoms with Gasteiger partial charge in [0.1, 0.15) is 5.52 Å². The Bertz CT molecular complexity index is 1250. The van der Waals surface area contributed by atoms with Crippen LogP contribution >= 0.6 is 0 Å². The van der Waals surface area contributed by atoms with Crippen LogP contribution in [-0.4, -0.2) is 28.0 Å². The first kappa shape index (κ1) is 16.8. The number of nitrogens with one attached hydrogen (secondary N) is 1. The van der Waals surface area contributed by atoms with Crippen molar-refractivity contribution >= 4 is 22.4 Å². The summed E-state index contributed by atoms with van der Waals surface area (Å²) in [6.07, 6.45) is -3.40. The Morgan fingerprint density at radius 1 is 1.04 bits per heavy atom. The SMILES string of the molecule is O=c1c2c(N3CCC3)nc3ccccc3[n+]2[nH]n1-c1ccc(C(F)(F)F)cc1. The van der Waals surface area contributed by atoms with Gasteiger partial charge in [0, 0.05) is 13.1 Å². The zero-order valence-corrected chi connectivity index (χ0v) is 14.6. The standard InChI is InChI=1S/C19H14F3N5O/c20-19(21,22)12-6-8-13(9-7-12)26-18(28)16-17(25-10-3-11-25)23-14-4-1-2-5-15(14)27(16)24-26/h1-2,4-9H,3,10-11H2/p+1. The lowest BCUT2D eigenvalue weighted by molar-refractivity contribution is -0.555. The van der Waals surface area contributed by atoms with Gasteiger partial charge in [-0.05, 0) is 42.8 Å². The van der Waals surface area contributed by atoms with E-state index in [4.69, 9.17) is 0 Å². The van der Waals surface area contributed by atoms with E-state index in [0.717, 1.165) is 37.2 Å². The minimum absolute atomic E-state index is 0.320. The molecule has 1 aliphatic rings. The Kier molecular flexibility index (Phi) is 3.49. The van der Waals surface area contributed by atoms with Crippen molar-refractivity contribution in [1.29, 1.82) is 0 Å². The molecule has 0 unspecified atom stereocenters. The van der Waals surface area contributed by atoms with Crippen LogP contribution in [-0.2, 0) is 6.18 Å². The van der Waals surface area contributed by atoms with E-state index in [1.165, 1.54) is 16.8 Å². The molecule has 6 nitrogen and oxygen atoms in total. The molecule has 0 bridgehead atoms. The van der Waals surface area contributed by atoms with Gasteiger partial charge < -0.3 is 4.90 Å². The summed E-state index contributed by atoms with van der Waals surface area (Å²) in [7, 11) is 0. The molecule has 4 aromatic rings. The molecule has 9 heteroatoms. The Labute approximate surface area is 156 Å². The number of aromatic amines is 1. The molecule has 0 saturated carbocycles. The number of benzene rings is 2. The second-order valence-electron chi connectivity index (χ2n) is 6.73. The summed E-state index contributed by atoms with van der Waals surface area (Å²) < 4.78 is 41.4. The van der Waals surface area contributed by atoms with Gasteiger partial charge in [-0.1, -0.05) is 22.0 Å². The summed E-state index contributed by atoms with van der Waals surface area (Å²) in [5, 5.41) is 3.00. The number of nitrogens with zero attached hydrogens (tertiary/aromatic N) is 4. The van der Waals surface area contributed by atoms with Gasteiger partial charge in [0.15, 0.2) is 17.0 Å². The lowest BCUT2D eigenvalue weighted by atomic mass is 10.2. The van der Waals surface area contributed by atoms with Crippen LogP contribution in [0.5, 0.6) is 0 Å². The molecule has 0 aliphatic carbocycles. The monoisotopic (exact) mass is 386 g/mol. The van der Waals surface area contributed by atoms with Crippen LogP contribution in [0.4, 0.5) is 19.0 Å². The minimum atomic E-state index is -4.43. The molecular formula is C19H15F3N5O+. The summed E-state index contributed by atoms with van der Waals surface area (Å²) in [4.78, 5) is 19.8. The van der Waals surface area contributed by atoms with Crippen LogP contribution in [0.3, 0.4) is 0 Å². The van der Waals surface area contributed by atoms with Gasteiger partial charge in [-0.2, -0.15) is 13.2 Å². The van der Waals surface area contributed by atoms with E-state index in [0.29, 0.717) is 22.5 Å². The number of para-hydroxylation sites is 2. The highest BCUT2D eigenvalue weighted by Crippen LogP contribution is 2.29. The smallest absolute Gasteiger partial charge is 0.353 e. The third-order valence-electron chi connectivity index (χ3n) is 5.00. The molecule has 0 spiro atoms. The fraction of sp³-hybridized carbons (Fsp3) is 0.211. The van der Waals surface area contributed by atoms with Crippen LogP contribution in [0.1, 0.15) is 12.0 Å². The van der Waals surface area contributed by atoms with Crippen LogP contribution in [0.2, 0.25) is 0 Å². The fourth-order valence-corrected chi connectivity index (χ4v) is 3.40. The van der Waals surface area contributed by atoms with E-state index in [9.17, 15) is 18.0 Å². The average molecular weight is 386 g/mol. The third kappa shape index (κ3) is 2.46. The highest BCUT2D eigenvalue weighted by Gasteiger charge is 2.32. The van der Waals surface area contributed by atoms with E-state index in [1.54, 1.807) is 4.52 Å². The molecule has 0 amide bonds. The Hall–Kier alpha value is -3.36. The molecular weight excluding hydrogens is 371 g/mol. The van der Waals surface area contributed by atoms with Crippen LogP contribution < -0.4 is 15.0 Å². The maximum absolute atomic E-state index is 13.1. The third-order valence-corrected chi connectivity index (χ3v) is 5.00. The predicted molar refractivity (Wildman–Crippen MR) is 96.7 cm³/mol. The second kappa shape index (κ2) is 5.82. The molecule has 0 radical (unpaired) electrons. The number of rotatable bonds is 2. The molecule has 2 aromatic heterocycles. The van der Waals surface area contributed by atoms with Crippen molar-refractivity contribution in [2.24, 2.45) is 0 Å². The highest BCUT2D eigenvalue weighted by molar-refractivity contribution is 5.78. The highest BCUT2D eigenvalue weighted by atomic mass is 19.4. The van der Waals surface area contributed by atoms with Crippen molar-refractivity contribution in [2.45, 2.75) is 12.6 Å². The van der Waals surface area contributed by atoms with Gasteiger partial charge in [0.05, 0.1) is 5.56 Å². The lowest BCUT2D eigenvalue weighted by Gasteiger charge is -2.31. The first-order chi connectivity index (χ1) is 13.4.